The highest BCUT2D eigenvalue weighted by Gasteiger charge is 2.22. The topological polar surface area (TPSA) is 62.6 Å². The molecule has 0 saturated carbocycles. The summed E-state index contributed by atoms with van der Waals surface area (Å²) in [7, 11) is 0. The van der Waals surface area contributed by atoms with Crippen molar-refractivity contribution in [2.45, 2.75) is 13.1 Å². The maximum absolute atomic E-state index is 14.4. The summed E-state index contributed by atoms with van der Waals surface area (Å²) in [4.78, 5) is 25.5. The number of furan rings is 1. The number of amides is 2. The van der Waals surface area contributed by atoms with Crippen LogP contribution in [0.5, 0.6) is 0 Å². The van der Waals surface area contributed by atoms with E-state index in [1.165, 1.54) is 23.3 Å². The van der Waals surface area contributed by atoms with Crippen molar-refractivity contribution in [1.29, 1.82) is 0 Å². The first kappa shape index (κ1) is 20.0. The molecule has 2 aromatic carbocycles. The van der Waals surface area contributed by atoms with E-state index in [-0.39, 0.29) is 24.7 Å². The van der Waals surface area contributed by atoms with Crippen LogP contribution in [-0.4, -0.2) is 11.8 Å². The molecule has 1 heterocycles. The molecule has 5 nitrogen and oxygen atoms in total. The average Bonchev–Trinajstić information content (AvgIpc) is 3.24. The third-order valence-corrected chi connectivity index (χ3v) is 4.19. The van der Waals surface area contributed by atoms with Gasteiger partial charge in [-0.25, -0.2) is 8.78 Å². The molecule has 0 fully saturated rings. The Hall–Kier alpha value is -3.74. The molecule has 148 valence electrons. The molecule has 0 bridgehead atoms. The summed E-state index contributed by atoms with van der Waals surface area (Å²) in [5.41, 5.74) is 1.02. The van der Waals surface area contributed by atoms with Crippen LogP contribution in [0.15, 0.2) is 77.9 Å². The van der Waals surface area contributed by atoms with Crippen LogP contribution in [0.2, 0.25) is 0 Å². The monoisotopic (exact) mass is 396 g/mol. The lowest BCUT2D eigenvalue weighted by Crippen LogP contribution is -2.31. The van der Waals surface area contributed by atoms with E-state index in [0.29, 0.717) is 11.3 Å². The van der Waals surface area contributed by atoms with E-state index in [9.17, 15) is 18.4 Å². The molecule has 3 rings (SSSR count). The molecule has 0 saturated heterocycles. The van der Waals surface area contributed by atoms with Crippen LogP contribution >= 0.6 is 0 Å². The molecule has 0 atom stereocenters. The van der Waals surface area contributed by atoms with Crippen LogP contribution in [0.4, 0.5) is 14.5 Å². The number of nitrogens with zero attached hydrogens (tertiary/aromatic N) is 1. The van der Waals surface area contributed by atoms with Crippen molar-refractivity contribution < 1.29 is 22.8 Å². The van der Waals surface area contributed by atoms with Crippen molar-refractivity contribution >= 4 is 17.5 Å². The van der Waals surface area contributed by atoms with Gasteiger partial charge in [0.2, 0.25) is 5.91 Å². The average molecular weight is 396 g/mol. The Kier molecular flexibility index (Phi) is 6.19. The van der Waals surface area contributed by atoms with Gasteiger partial charge in [-0.2, -0.15) is 0 Å². The number of benzene rings is 2. The third kappa shape index (κ3) is 4.95. The highest BCUT2D eigenvalue weighted by Crippen LogP contribution is 2.25. The lowest BCUT2D eigenvalue weighted by atomic mass is 10.1. The van der Waals surface area contributed by atoms with E-state index in [1.54, 1.807) is 36.4 Å². The molecule has 29 heavy (non-hydrogen) atoms. The fourth-order valence-corrected chi connectivity index (χ4v) is 2.71. The minimum Gasteiger partial charge on any atom is -0.467 e. The fraction of sp³-hybridized carbons (Fsp3) is 0.0909. The number of rotatable bonds is 7. The van der Waals surface area contributed by atoms with E-state index < -0.39 is 17.5 Å². The van der Waals surface area contributed by atoms with Crippen molar-refractivity contribution in [1.82, 2.24) is 5.32 Å². The largest absolute Gasteiger partial charge is 0.467 e. The second-order valence-corrected chi connectivity index (χ2v) is 6.19. The molecule has 7 heteroatoms. The Morgan fingerprint density at radius 1 is 1.10 bits per heavy atom. The van der Waals surface area contributed by atoms with E-state index in [1.807, 2.05) is 0 Å². The summed E-state index contributed by atoms with van der Waals surface area (Å²) < 4.78 is 33.0. The van der Waals surface area contributed by atoms with Crippen molar-refractivity contribution in [2.75, 3.05) is 4.90 Å². The lowest BCUT2D eigenvalue weighted by molar-refractivity contribution is -0.116. The van der Waals surface area contributed by atoms with Gasteiger partial charge in [0, 0.05) is 18.2 Å². The predicted molar refractivity (Wildman–Crippen MR) is 104 cm³/mol. The second-order valence-electron chi connectivity index (χ2n) is 6.19. The Bertz CT molecular complexity index is 1020. The van der Waals surface area contributed by atoms with Gasteiger partial charge in [0.15, 0.2) is 0 Å². The Morgan fingerprint density at radius 3 is 2.48 bits per heavy atom. The molecule has 0 unspecified atom stereocenters. The zero-order chi connectivity index (χ0) is 20.8. The standard InChI is InChI=1S/C22H18F2N2O3/c1-2-21(27)25-13-15-5-7-16(8-6-15)22(28)26(14-18-4-3-11-29-18)20-10-9-17(23)12-19(20)24/h2-12H,1,13-14H2,(H,25,27). The first-order valence-corrected chi connectivity index (χ1v) is 8.76. The van der Waals surface area contributed by atoms with Crippen molar-refractivity contribution in [3.63, 3.8) is 0 Å². The summed E-state index contributed by atoms with van der Waals surface area (Å²) in [6.07, 6.45) is 2.62. The summed E-state index contributed by atoms with van der Waals surface area (Å²) in [6, 6.07) is 12.9. The van der Waals surface area contributed by atoms with Crippen molar-refractivity contribution in [2.24, 2.45) is 0 Å². The van der Waals surface area contributed by atoms with Gasteiger partial charge in [-0.05, 0) is 48.0 Å². The molecule has 1 aromatic heterocycles. The smallest absolute Gasteiger partial charge is 0.258 e. The number of carbonyl (C=O) groups is 2. The second kappa shape index (κ2) is 8.97. The van der Waals surface area contributed by atoms with Gasteiger partial charge in [0.1, 0.15) is 17.4 Å². The number of carbonyl (C=O) groups excluding carboxylic acids is 2. The van der Waals surface area contributed by atoms with Crippen LogP contribution in [-0.2, 0) is 17.9 Å². The third-order valence-electron chi connectivity index (χ3n) is 4.19. The SMILES string of the molecule is C=CC(=O)NCc1ccc(C(=O)N(Cc2ccco2)c2ccc(F)cc2F)cc1. The van der Waals surface area contributed by atoms with Gasteiger partial charge >= 0.3 is 0 Å². The van der Waals surface area contributed by atoms with Gasteiger partial charge in [-0.1, -0.05) is 18.7 Å². The number of halogens is 2. The number of hydrogen-bond donors (Lipinski definition) is 1. The fourth-order valence-electron chi connectivity index (χ4n) is 2.71. The zero-order valence-electron chi connectivity index (χ0n) is 15.4. The minimum atomic E-state index is -0.853. The number of hydrogen-bond acceptors (Lipinski definition) is 3. The predicted octanol–water partition coefficient (Wildman–Crippen LogP) is 4.21. The normalized spacial score (nSPS) is 10.4. The highest BCUT2D eigenvalue weighted by molar-refractivity contribution is 6.06. The van der Waals surface area contributed by atoms with Gasteiger partial charge in [0.05, 0.1) is 18.5 Å². The van der Waals surface area contributed by atoms with E-state index >= 15 is 0 Å². The van der Waals surface area contributed by atoms with Crippen LogP contribution in [0.1, 0.15) is 21.7 Å². The van der Waals surface area contributed by atoms with E-state index in [0.717, 1.165) is 17.7 Å². The highest BCUT2D eigenvalue weighted by atomic mass is 19.1. The van der Waals surface area contributed by atoms with Crippen molar-refractivity contribution in [3.05, 3.63) is 102 Å². The zero-order valence-corrected chi connectivity index (χ0v) is 15.4. The molecular weight excluding hydrogens is 378 g/mol. The molecule has 0 aliphatic rings. The van der Waals surface area contributed by atoms with Crippen LogP contribution in [0.25, 0.3) is 0 Å². The molecule has 3 aromatic rings. The lowest BCUT2D eigenvalue weighted by Gasteiger charge is -2.22. The number of anilines is 1. The molecule has 2 amide bonds. The molecule has 0 radical (unpaired) electrons. The maximum atomic E-state index is 14.4. The van der Waals surface area contributed by atoms with Gasteiger partial charge < -0.3 is 9.73 Å². The quantitative estimate of drug-likeness (QED) is 0.609. The Labute approximate surface area is 166 Å². The van der Waals surface area contributed by atoms with Crippen LogP contribution < -0.4 is 10.2 Å². The summed E-state index contributed by atoms with van der Waals surface area (Å²) in [5, 5.41) is 2.64. The Balaban J connectivity index is 1.86. The minimum absolute atomic E-state index is 0.0223. The summed E-state index contributed by atoms with van der Waals surface area (Å²) >= 11 is 0. The molecular formula is C22H18F2N2O3. The van der Waals surface area contributed by atoms with Crippen LogP contribution in [0.3, 0.4) is 0 Å². The van der Waals surface area contributed by atoms with Crippen LogP contribution in [0, 0.1) is 11.6 Å². The van der Waals surface area contributed by atoms with Gasteiger partial charge in [0.25, 0.3) is 5.91 Å². The molecule has 1 N–H and O–H groups in total. The Morgan fingerprint density at radius 2 is 1.86 bits per heavy atom. The first-order chi connectivity index (χ1) is 14.0. The van der Waals surface area contributed by atoms with Gasteiger partial charge in [-0.3, -0.25) is 14.5 Å². The van der Waals surface area contributed by atoms with Gasteiger partial charge in [-0.15, -0.1) is 0 Å². The van der Waals surface area contributed by atoms with E-state index in [2.05, 4.69) is 11.9 Å². The molecule has 0 spiro atoms. The van der Waals surface area contributed by atoms with E-state index in [4.69, 9.17) is 4.42 Å². The maximum Gasteiger partial charge on any atom is 0.258 e. The number of nitrogens with one attached hydrogen (secondary N) is 1. The van der Waals surface area contributed by atoms with Crippen molar-refractivity contribution in [3.8, 4) is 0 Å². The molecule has 0 aliphatic carbocycles. The first-order valence-electron chi connectivity index (χ1n) is 8.76. The summed E-state index contributed by atoms with van der Waals surface area (Å²) in [6.45, 7) is 3.63. The molecule has 0 aliphatic heterocycles. The summed E-state index contributed by atoms with van der Waals surface area (Å²) in [5.74, 6) is -1.92.